The van der Waals surface area contributed by atoms with E-state index in [4.69, 9.17) is 9.47 Å². The maximum absolute atomic E-state index is 13.7. The second kappa shape index (κ2) is 8.99. The predicted molar refractivity (Wildman–Crippen MR) is 113 cm³/mol. The Hall–Kier alpha value is -2.79. The Morgan fingerprint density at radius 2 is 1.62 bits per heavy atom. The molecule has 0 N–H and O–H groups in total. The second-order valence-electron chi connectivity index (χ2n) is 7.94. The average Bonchev–Trinajstić information content (AvgIpc) is 3.39. The first-order valence-corrected chi connectivity index (χ1v) is 12.1. The van der Waals surface area contributed by atoms with Gasteiger partial charge in [-0.3, -0.25) is 0 Å². The van der Waals surface area contributed by atoms with E-state index >= 15 is 0 Å². The molecule has 0 bridgehead atoms. The Kier molecular flexibility index (Phi) is 6.29. The molecule has 1 saturated heterocycles. The molecule has 0 radical (unpaired) electrons. The average molecular weight is 463 g/mol. The molecule has 2 aromatic rings. The molecular formula is C21H26N4O6S. The third-order valence-corrected chi connectivity index (χ3v) is 7.88. The van der Waals surface area contributed by atoms with Crippen molar-refractivity contribution in [3.05, 3.63) is 41.0 Å². The summed E-state index contributed by atoms with van der Waals surface area (Å²) in [6.07, 6.45) is 5.27. The molecule has 1 aromatic heterocycles. The van der Waals surface area contributed by atoms with Crippen LogP contribution in [0, 0.1) is 0 Å². The van der Waals surface area contributed by atoms with Crippen LogP contribution in [0.1, 0.15) is 70.5 Å². The molecule has 10 nitrogen and oxygen atoms in total. The fraction of sp³-hybridized carbons (Fsp3) is 0.524. The van der Waals surface area contributed by atoms with Crippen LogP contribution < -0.4 is 0 Å². The number of benzene rings is 1. The lowest BCUT2D eigenvalue weighted by Gasteiger charge is -2.24. The molecule has 0 saturated carbocycles. The number of aromatic nitrogens is 3. The summed E-state index contributed by atoms with van der Waals surface area (Å²) in [4.78, 5) is 24.1. The van der Waals surface area contributed by atoms with Gasteiger partial charge < -0.3 is 14.0 Å². The van der Waals surface area contributed by atoms with Crippen LogP contribution in [0.5, 0.6) is 0 Å². The fourth-order valence-electron chi connectivity index (χ4n) is 4.39. The summed E-state index contributed by atoms with van der Waals surface area (Å²) in [5, 5.41) is 8.67. The van der Waals surface area contributed by atoms with Crippen LogP contribution in [-0.4, -0.2) is 60.2 Å². The van der Waals surface area contributed by atoms with E-state index in [2.05, 4.69) is 14.8 Å². The zero-order chi connectivity index (χ0) is 22.9. The first kappa shape index (κ1) is 22.4. The van der Waals surface area contributed by atoms with Crippen molar-refractivity contribution in [2.75, 3.05) is 20.8 Å². The highest BCUT2D eigenvalue weighted by Gasteiger charge is 2.40. The Morgan fingerprint density at radius 3 is 2.28 bits per heavy atom. The van der Waals surface area contributed by atoms with Crippen molar-refractivity contribution < 1.29 is 27.5 Å². The number of ether oxygens (including phenoxy) is 2. The Bertz CT molecular complexity index is 1110. The van der Waals surface area contributed by atoms with Crippen molar-refractivity contribution in [3.8, 4) is 0 Å². The van der Waals surface area contributed by atoms with Gasteiger partial charge >= 0.3 is 11.9 Å². The molecule has 11 heteroatoms. The number of hydrogen-bond acceptors (Lipinski definition) is 8. The summed E-state index contributed by atoms with van der Waals surface area (Å²) in [7, 11) is -1.66. The molecule has 2 aliphatic heterocycles. The number of fused-ring (bicyclic) bond motifs is 1. The number of carbonyl (C=O) groups is 2. The monoisotopic (exact) mass is 462 g/mol. The van der Waals surface area contributed by atoms with Crippen LogP contribution in [0.25, 0.3) is 0 Å². The lowest BCUT2D eigenvalue weighted by molar-refractivity contribution is 0.0598. The van der Waals surface area contributed by atoms with E-state index in [0.29, 0.717) is 25.2 Å². The van der Waals surface area contributed by atoms with E-state index < -0.39 is 28.0 Å². The molecular weight excluding hydrogens is 436 g/mol. The molecule has 2 aliphatic rings. The smallest absolute Gasteiger partial charge is 0.337 e. The number of nitrogens with zero attached hydrogens (tertiary/aromatic N) is 4. The van der Waals surface area contributed by atoms with Gasteiger partial charge in [-0.2, -0.15) is 4.31 Å². The maximum Gasteiger partial charge on any atom is 0.337 e. The zero-order valence-corrected chi connectivity index (χ0v) is 18.9. The first-order valence-electron chi connectivity index (χ1n) is 10.6. The number of hydrogen-bond donors (Lipinski definition) is 0. The SMILES string of the molecule is COC(=O)c1cc(C(=O)OC)cc(S(=O)(=O)N2CCCC2c2nnc3n2CCCCC3)c1. The van der Waals surface area contributed by atoms with Gasteiger partial charge in [-0.1, -0.05) is 6.42 Å². The minimum atomic E-state index is -4.04. The largest absolute Gasteiger partial charge is 0.465 e. The van der Waals surface area contributed by atoms with Gasteiger partial charge in [0.1, 0.15) is 5.82 Å². The van der Waals surface area contributed by atoms with Crippen molar-refractivity contribution in [2.45, 2.75) is 56.0 Å². The molecule has 1 aromatic carbocycles. The quantitative estimate of drug-likeness (QED) is 0.620. The third-order valence-electron chi connectivity index (χ3n) is 6.00. The molecule has 172 valence electrons. The van der Waals surface area contributed by atoms with Gasteiger partial charge in [0.15, 0.2) is 5.82 Å². The lowest BCUT2D eigenvalue weighted by atomic mass is 10.1. The van der Waals surface area contributed by atoms with Crippen molar-refractivity contribution in [3.63, 3.8) is 0 Å². The van der Waals surface area contributed by atoms with Gasteiger partial charge in [-0.15, -0.1) is 10.2 Å². The van der Waals surface area contributed by atoms with Gasteiger partial charge in [0.25, 0.3) is 0 Å². The standard InChI is InChI=1S/C21H26N4O6S/c1-30-20(26)14-11-15(21(27)31-2)13-16(12-14)32(28,29)25-10-6-7-17(25)19-23-22-18-8-4-3-5-9-24(18)19/h11-13,17H,3-10H2,1-2H3. The fourth-order valence-corrected chi connectivity index (χ4v) is 6.12. The lowest BCUT2D eigenvalue weighted by Crippen LogP contribution is -2.32. The summed E-state index contributed by atoms with van der Waals surface area (Å²) in [5.41, 5.74) is -0.0814. The molecule has 1 fully saturated rings. The maximum atomic E-state index is 13.7. The summed E-state index contributed by atoms with van der Waals surface area (Å²) in [6.45, 7) is 1.08. The van der Waals surface area contributed by atoms with E-state index in [9.17, 15) is 18.0 Å². The Labute approximate surface area is 186 Å². The van der Waals surface area contributed by atoms with Gasteiger partial charge in [-0.05, 0) is 43.9 Å². The van der Waals surface area contributed by atoms with Gasteiger partial charge in [0, 0.05) is 19.5 Å². The number of sulfonamides is 1. The van der Waals surface area contributed by atoms with Crippen LogP contribution >= 0.6 is 0 Å². The summed E-state index contributed by atoms with van der Waals surface area (Å²) < 4.78 is 40.2. The van der Waals surface area contributed by atoms with Crippen LogP contribution in [0.3, 0.4) is 0 Å². The Morgan fingerprint density at radius 1 is 0.938 bits per heavy atom. The zero-order valence-electron chi connectivity index (χ0n) is 18.1. The van der Waals surface area contributed by atoms with E-state index in [1.807, 2.05) is 0 Å². The summed E-state index contributed by atoms with van der Waals surface area (Å²) >= 11 is 0. The van der Waals surface area contributed by atoms with Crippen molar-refractivity contribution in [1.82, 2.24) is 19.1 Å². The molecule has 4 rings (SSSR count). The van der Waals surface area contributed by atoms with Crippen molar-refractivity contribution >= 4 is 22.0 Å². The van der Waals surface area contributed by atoms with Crippen LogP contribution in [-0.2, 0) is 32.5 Å². The first-order chi connectivity index (χ1) is 15.4. The number of aryl methyl sites for hydroxylation is 1. The van der Waals surface area contributed by atoms with Crippen LogP contribution in [0.15, 0.2) is 23.1 Å². The minimum absolute atomic E-state index is 0.0407. The van der Waals surface area contributed by atoms with E-state index in [1.54, 1.807) is 0 Å². The van der Waals surface area contributed by atoms with Gasteiger partial charge in [0.2, 0.25) is 10.0 Å². The van der Waals surface area contributed by atoms with E-state index in [0.717, 1.165) is 38.1 Å². The number of rotatable bonds is 5. The topological polar surface area (TPSA) is 121 Å². The van der Waals surface area contributed by atoms with Gasteiger partial charge in [-0.25, -0.2) is 18.0 Å². The second-order valence-corrected chi connectivity index (χ2v) is 9.83. The summed E-state index contributed by atoms with van der Waals surface area (Å²) in [5.74, 6) is 0.0589. The van der Waals surface area contributed by atoms with Crippen LogP contribution in [0.4, 0.5) is 0 Å². The normalized spacial score (nSPS) is 19.2. The predicted octanol–water partition coefficient (Wildman–Crippen LogP) is 2.10. The molecule has 1 unspecified atom stereocenters. The number of carbonyl (C=O) groups excluding carboxylic acids is 2. The Balaban J connectivity index is 1.75. The highest BCUT2D eigenvalue weighted by atomic mass is 32.2. The van der Waals surface area contributed by atoms with E-state index in [1.165, 1.54) is 36.7 Å². The van der Waals surface area contributed by atoms with Gasteiger partial charge in [0.05, 0.1) is 36.3 Å². The highest BCUT2D eigenvalue weighted by Crippen LogP contribution is 2.37. The third kappa shape index (κ3) is 4.02. The summed E-state index contributed by atoms with van der Waals surface area (Å²) in [6, 6.07) is 3.26. The molecule has 0 amide bonds. The van der Waals surface area contributed by atoms with Crippen molar-refractivity contribution in [1.29, 1.82) is 0 Å². The molecule has 32 heavy (non-hydrogen) atoms. The molecule has 1 atom stereocenters. The molecule has 0 spiro atoms. The highest BCUT2D eigenvalue weighted by molar-refractivity contribution is 7.89. The van der Waals surface area contributed by atoms with E-state index in [-0.39, 0.29) is 16.0 Å². The van der Waals surface area contributed by atoms with Crippen molar-refractivity contribution in [2.24, 2.45) is 0 Å². The van der Waals surface area contributed by atoms with Crippen LogP contribution in [0.2, 0.25) is 0 Å². The number of esters is 2. The number of methoxy groups -OCH3 is 2. The molecule has 3 heterocycles. The minimum Gasteiger partial charge on any atom is -0.465 e. The molecule has 0 aliphatic carbocycles.